The summed E-state index contributed by atoms with van der Waals surface area (Å²) in [7, 11) is 0. The van der Waals surface area contributed by atoms with E-state index in [1.165, 1.54) is 51.0 Å². The van der Waals surface area contributed by atoms with E-state index in [0.717, 1.165) is 36.5 Å². The first-order chi connectivity index (χ1) is 12.3. The number of fused-ring (bicyclic) bond motifs is 5. The molecule has 0 aromatic heterocycles. The summed E-state index contributed by atoms with van der Waals surface area (Å²) < 4.78 is 5.54. The summed E-state index contributed by atoms with van der Waals surface area (Å²) in [4.78, 5) is 11.4. The van der Waals surface area contributed by atoms with Crippen molar-refractivity contribution in [2.45, 2.75) is 91.2 Å². The molecule has 3 saturated carbocycles. The third kappa shape index (κ3) is 2.60. The largest absolute Gasteiger partial charge is 0.461 e. The molecule has 0 spiro atoms. The SMILES string of the molecule is CC[C@@H]1CC[C@H]2[C@H]3CC=C4C[C@H](OC(C)=O)[C@@H](N)C[C@@]4(C)[C@@H]3CC[C@]12C. The highest BCUT2D eigenvalue weighted by Crippen LogP contribution is 2.66. The van der Waals surface area contributed by atoms with Crippen molar-refractivity contribution >= 4 is 5.97 Å². The molecule has 3 fully saturated rings. The predicted molar refractivity (Wildman–Crippen MR) is 104 cm³/mol. The molecule has 2 N–H and O–H groups in total. The quantitative estimate of drug-likeness (QED) is 0.567. The molecule has 0 amide bonds. The molecule has 8 atom stereocenters. The summed E-state index contributed by atoms with van der Waals surface area (Å²) in [5.41, 5.74) is 8.82. The standard InChI is InChI=1S/C23H37NO2/c1-5-15-7-9-18-17-8-6-16-12-21(26-14(2)25)20(24)13-23(16,4)19(17)10-11-22(15,18)3/h6,15,17-21H,5,7-13,24H2,1-4H3/t15-,17-,18+,19-,20+,21+,22-,23-/m1/s1. The number of allylic oxidation sites excluding steroid dienone is 1. The van der Waals surface area contributed by atoms with E-state index >= 15 is 0 Å². The van der Waals surface area contributed by atoms with Crippen LogP contribution in [0.4, 0.5) is 0 Å². The second-order valence-corrected chi connectivity index (χ2v) is 10.2. The van der Waals surface area contributed by atoms with Gasteiger partial charge in [0.1, 0.15) is 6.10 Å². The molecular formula is C23H37NO2. The smallest absolute Gasteiger partial charge is 0.302 e. The summed E-state index contributed by atoms with van der Waals surface area (Å²) in [5.74, 6) is 3.21. The fourth-order valence-electron chi connectivity index (χ4n) is 7.87. The molecule has 0 bridgehead atoms. The first-order valence-corrected chi connectivity index (χ1v) is 10.9. The van der Waals surface area contributed by atoms with Crippen LogP contribution >= 0.6 is 0 Å². The van der Waals surface area contributed by atoms with Gasteiger partial charge >= 0.3 is 5.97 Å². The molecule has 3 heteroatoms. The van der Waals surface area contributed by atoms with Crippen molar-refractivity contribution in [2.24, 2.45) is 40.2 Å². The minimum atomic E-state index is -0.201. The van der Waals surface area contributed by atoms with Crippen LogP contribution in [-0.2, 0) is 9.53 Å². The molecule has 4 rings (SSSR count). The summed E-state index contributed by atoms with van der Waals surface area (Å²) in [5, 5.41) is 0. The number of carbonyl (C=O) groups excluding carboxylic acids is 1. The molecule has 0 heterocycles. The molecule has 146 valence electrons. The van der Waals surface area contributed by atoms with E-state index in [4.69, 9.17) is 10.5 Å². The maximum atomic E-state index is 11.4. The Morgan fingerprint density at radius 1 is 1.27 bits per heavy atom. The molecule has 0 saturated heterocycles. The minimum Gasteiger partial charge on any atom is -0.461 e. The maximum absolute atomic E-state index is 11.4. The number of nitrogens with two attached hydrogens (primary N) is 1. The van der Waals surface area contributed by atoms with E-state index in [-0.39, 0.29) is 23.5 Å². The number of carbonyl (C=O) groups is 1. The second kappa shape index (κ2) is 6.36. The first-order valence-electron chi connectivity index (χ1n) is 10.9. The summed E-state index contributed by atoms with van der Waals surface area (Å²) >= 11 is 0. The highest BCUT2D eigenvalue weighted by molar-refractivity contribution is 5.66. The number of rotatable bonds is 2. The molecule has 26 heavy (non-hydrogen) atoms. The topological polar surface area (TPSA) is 52.3 Å². The Hall–Kier alpha value is -0.830. The minimum absolute atomic E-state index is 0.0277. The lowest BCUT2D eigenvalue weighted by molar-refractivity contribution is -0.150. The van der Waals surface area contributed by atoms with E-state index in [2.05, 4.69) is 26.8 Å². The monoisotopic (exact) mass is 359 g/mol. The van der Waals surface area contributed by atoms with Crippen LogP contribution in [0.15, 0.2) is 11.6 Å². The molecule has 0 unspecified atom stereocenters. The number of hydrogen-bond acceptors (Lipinski definition) is 3. The zero-order valence-corrected chi connectivity index (χ0v) is 17.1. The van der Waals surface area contributed by atoms with Gasteiger partial charge in [-0.1, -0.05) is 38.8 Å². The van der Waals surface area contributed by atoms with E-state index in [0.29, 0.717) is 5.41 Å². The average Bonchev–Trinajstić information content (AvgIpc) is 2.91. The Labute approximate surface area is 159 Å². The fourth-order valence-corrected chi connectivity index (χ4v) is 7.87. The van der Waals surface area contributed by atoms with Crippen LogP contribution in [0.25, 0.3) is 0 Å². The van der Waals surface area contributed by atoms with Crippen LogP contribution < -0.4 is 5.73 Å². The molecule has 0 aliphatic heterocycles. The lowest BCUT2D eigenvalue weighted by Gasteiger charge is -2.59. The number of esters is 1. The van der Waals surface area contributed by atoms with Crippen LogP contribution in [-0.4, -0.2) is 18.1 Å². The van der Waals surface area contributed by atoms with Gasteiger partial charge in [0, 0.05) is 19.4 Å². The van der Waals surface area contributed by atoms with Gasteiger partial charge in [-0.25, -0.2) is 0 Å². The van der Waals surface area contributed by atoms with Crippen molar-refractivity contribution in [3.8, 4) is 0 Å². The van der Waals surface area contributed by atoms with E-state index in [1.807, 2.05) is 0 Å². The zero-order chi connectivity index (χ0) is 18.7. The van der Waals surface area contributed by atoms with Crippen LogP contribution in [0.2, 0.25) is 0 Å². The molecule has 4 aliphatic carbocycles. The molecular weight excluding hydrogens is 322 g/mol. The summed E-state index contributed by atoms with van der Waals surface area (Å²) in [6.07, 6.45) is 12.4. The molecule has 0 aromatic carbocycles. The summed E-state index contributed by atoms with van der Waals surface area (Å²) in [6.45, 7) is 8.95. The van der Waals surface area contributed by atoms with Gasteiger partial charge in [-0.15, -0.1) is 0 Å². The Morgan fingerprint density at radius 2 is 2.04 bits per heavy atom. The van der Waals surface area contributed by atoms with Crippen LogP contribution in [0.3, 0.4) is 0 Å². The molecule has 0 aromatic rings. The lowest BCUT2D eigenvalue weighted by Crippen LogP contribution is -2.55. The van der Waals surface area contributed by atoms with Crippen molar-refractivity contribution in [1.82, 2.24) is 0 Å². The highest BCUT2D eigenvalue weighted by Gasteiger charge is 2.59. The Balaban J connectivity index is 1.61. The van der Waals surface area contributed by atoms with Gasteiger partial charge in [0.15, 0.2) is 0 Å². The Kier molecular flexibility index (Phi) is 4.53. The predicted octanol–water partition coefficient (Wildman–Crippen LogP) is 4.84. The van der Waals surface area contributed by atoms with Gasteiger partial charge in [0.25, 0.3) is 0 Å². The second-order valence-electron chi connectivity index (χ2n) is 10.2. The van der Waals surface area contributed by atoms with E-state index in [9.17, 15) is 4.79 Å². The fraction of sp³-hybridized carbons (Fsp3) is 0.870. The lowest BCUT2D eigenvalue weighted by atomic mass is 9.47. The van der Waals surface area contributed by atoms with Gasteiger partial charge in [-0.05, 0) is 73.0 Å². The van der Waals surface area contributed by atoms with Gasteiger partial charge in [-0.2, -0.15) is 0 Å². The number of hydrogen-bond donors (Lipinski definition) is 1. The third-order valence-electron chi connectivity index (χ3n) is 9.19. The van der Waals surface area contributed by atoms with Gasteiger partial charge in [0.2, 0.25) is 0 Å². The normalized spacial score (nSPS) is 50.3. The van der Waals surface area contributed by atoms with E-state index in [1.54, 1.807) is 0 Å². The van der Waals surface area contributed by atoms with Gasteiger partial charge in [-0.3, -0.25) is 4.79 Å². The van der Waals surface area contributed by atoms with Crippen LogP contribution in [0, 0.1) is 34.5 Å². The van der Waals surface area contributed by atoms with Crippen molar-refractivity contribution in [1.29, 1.82) is 0 Å². The summed E-state index contributed by atoms with van der Waals surface area (Å²) in [6, 6.07) is -0.0277. The van der Waals surface area contributed by atoms with Gasteiger partial charge in [0.05, 0.1) is 0 Å². The Morgan fingerprint density at radius 3 is 2.73 bits per heavy atom. The zero-order valence-electron chi connectivity index (χ0n) is 17.1. The third-order valence-corrected chi connectivity index (χ3v) is 9.19. The molecule has 4 aliphatic rings. The maximum Gasteiger partial charge on any atom is 0.302 e. The highest BCUT2D eigenvalue weighted by atomic mass is 16.5. The van der Waals surface area contributed by atoms with Crippen molar-refractivity contribution in [3.05, 3.63) is 11.6 Å². The van der Waals surface area contributed by atoms with Crippen molar-refractivity contribution in [3.63, 3.8) is 0 Å². The Bertz CT molecular complexity index is 613. The molecule has 3 nitrogen and oxygen atoms in total. The average molecular weight is 360 g/mol. The van der Waals surface area contributed by atoms with Crippen molar-refractivity contribution in [2.75, 3.05) is 0 Å². The van der Waals surface area contributed by atoms with Crippen LogP contribution in [0.5, 0.6) is 0 Å². The molecule has 0 radical (unpaired) electrons. The van der Waals surface area contributed by atoms with Gasteiger partial charge < -0.3 is 10.5 Å². The first kappa shape index (κ1) is 18.5. The van der Waals surface area contributed by atoms with Crippen molar-refractivity contribution < 1.29 is 9.53 Å². The van der Waals surface area contributed by atoms with Crippen LogP contribution in [0.1, 0.15) is 79.1 Å². The number of ether oxygens (including phenoxy) is 1. The van der Waals surface area contributed by atoms with E-state index < -0.39 is 0 Å².